The van der Waals surface area contributed by atoms with E-state index in [0.29, 0.717) is 27.6 Å². The van der Waals surface area contributed by atoms with Crippen LogP contribution >= 0.6 is 23.4 Å². The lowest BCUT2D eigenvalue weighted by atomic mass is 10.2. The lowest BCUT2D eigenvalue weighted by Crippen LogP contribution is -2.26. The Morgan fingerprint density at radius 1 is 1.45 bits per heavy atom. The Morgan fingerprint density at radius 3 is 2.82 bits per heavy atom. The van der Waals surface area contributed by atoms with Crippen molar-refractivity contribution in [1.29, 1.82) is 0 Å². The minimum absolute atomic E-state index is 0.111. The largest absolute Gasteiger partial charge is 0.468 e. The fraction of sp³-hybridized carbons (Fsp3) is 0.400. The van der Waals surface area contributed by atoms with E-state index in [4.69, 9.17) is 11.6 Å². The predicted octanol–water partition coefficient (Wildman–Crippen LogP) is 2.97. The summed E-state index contributed by atoms with van der Waals surface area (Å²) in [5, 5.41) is 1.49. The van der Waals surface area contributed by atoms with Crippen LogP contribution in [0.3, 0.4) is 0 Å². The van der Waals surface area contributed by atoms with Crippen molar-refractivity contribution in [2.75, 3.05) is 12.9 Å². The zero-order chi connectivity index (χ0) is 16.3. The number of fused-ring (bicyclic) bond motifs is 1. The number of carbonyl (C=O) groups is 1. The van der Waals surface area contributed by atoms with Gasteiger partial charge in [-0.1, -0.05) is 37.2 Å². The van der Waals surface area contributed by atoms with Gasteiger partial charge in [0.1, 0.15) is 0 Å². The van der Waals surface area contributed by atoms with E-state index < -0.39 is 0 Å². The average molecular weight is 341 g/mol. The number of halogens is 1. The highest BCUT2D eigenvalue weighted by molar-refractivity contribution is 7.99. The summed E-state index contributed by atoms with van der Waals surface area (Å²) in [6, 6.07) is 5.02. The van der Waals surface area contributed by atoms with Crippen molar-refractivity contribution in [3.8, 4) is 0 Å². The Hall–Kier alpha value is -1.53. The first kappa shape index (κ1) is 16.8. The first-order valence-corrected chi connectivity index (χ1v) is 8.18. The molecule has 0 radical (unpaired) electrons. The molecule has 7 heteroatoms. The van der Waals surface area contributed by atoms with Gasteiger partial charge in [-0.3, -0.25) is 14.2 Å². The Balaban J connectivity index is 2.54. The second kappa shape index (κ2) is 7.15. The molecule has 0 unspecified atom stereocenters. The van der Waals surface area contributed by atoms with Crippen LogP contribution in [-0.4, -0.2) is 28.4 Å². The molecule has 0 fully saturated rings. The molecule has 0 aliphatic rings. The molecule has 1 aromatic carbocycles. The summed E-state index contributed by atoms with van der Waals surface area (Å²) >= 11 is 7.17. The number of carbonyl (C=O) groups excluding carboxylic acids is 1. The summed E-state index contributed by atoms with van der Waals surface area (Å²) in [5.41, 5.74) is 0.426. The van der Waals surface area contributed by atoms with Gasteiger partial charge in [0.2, 0.25) is 0 Å². The van der Waals surface area contributed by atoms with E-state index in [9.17, 15) is 9.59 Å². The van der Waals surface area contributed by atoms with E-state index in [1.165, 1.54) is 18.9 Å². The Bertz CT molecular complexity index is 758. The summed E-state index contributed by atoms with van der Waals surface area (Å²) in [7, 11) is 1.33. The zero-order valence-electron chi connectivity index (χ0n) is 12.6. The molecule has 5 nitrogen and oxygen atoms in total. The molecule has 0 atom stereocenters. The van der Waals surface area contributed by atoms with Crippen molar-refractivity contribution in [1.82, 2.24) is 9.55 Å². The van der Waals surface area contributed by atoms with E-state index in [1.807, 2.05) is 13.8 Å². The summed E-state index contributed by atoms with van der Waals surface area (Å²) in [4.78, 5) is 28.5. The Morgan fingerprint density at radius 2 is 2.18 bits per heavy atom. The number of ether oxygens (including phenoxy) is 1. The molecule has 1 heterocycles. The fourth-order valence-electron chi connectivity index (χ4n) is 1.99. The molecule has 0 aliphatic carbocycles. The van der Waals surface area contributed by atoms with Gasteiger partial charge < -0.3 is 4.74 Å². The molecule has 0 aliphatic heterocycles. The maximum Gasteiger partial charge on any atom is 0.316 e. The highest BCUT2D eigenvalue weighted by Gasteiger charge is 2.14. The highest BCUT2D eigenvalue weighted by Crippen LogP contribution is 2.21. The summed E-state index contributed by atoms with van der Waals surface area (Å²) < 4.78 is 6.23. The van der Waals surface area contributed by atoms with Crippen LogP contribution in [0.4, 0.5) is 0 Å². The zero-order valence-corrected chi connectivity index (χ0v) is 14.2. The third-order valence-corrected chi connectivity index (χ3v) is 4.16. The van der Waals surface area contributed by atoms with E-state index in [2.05, 4.69) is 9.72 Å². The second-order valence-corrected chi connectivity index (χ2v) is 6.61. The highest BCUT2D eigenvalue weighted by atomic mass is 35.5. The van der Waals surface area contributed by atoms with Crippen LogP contribution in [0.5, 0.6) is 0 Å². The van der Waals surface area contributed by atoms with Crippen molar-refractivity contribution in [2.24, 2.45) is 5.92 Å². The number of hydrogen-bond donors (Lipinski definition) is 0. The molecule has 2 rings (SSSR count). The lowest BCUT2D eigenvalue weighted by Gasteiger charge is -2.14. The van der Waals surface area contributed by atoms with Crippen molar-refractivity contribution < 1.29 is 9.53 Å². The number of hydrogen-bond acceptors (Lipinski definition) is 5. The van der Waals surface area contributed by atoms with Crippen LogP contribution in [0.1, 0.15) is 13.8 Å². The van der Waals surface area contributed by atoms with Crippen LogP contribution in [0.2, 0.25) is 5.02 Å². The first-order valence-electron chi connectivity index (χ1n) is 6.82. The second-order valence-electron chi connectivity index (χ2n) is 5.23. The van der Waals surface area contributed by atoms with E-state index in [0.717, 1.165) is 0 Å². The molecule has 0 saturated heterocycles. The number of esters is 1. The number of rotatable bonds is 5. The van der Waals surface area contributed by atoms with Gasteiger partial charge in [-0.25, -0.2) is 4.98 Å². The average Bonchev–Trinajstić information content (AvgIpc) is 2.48. The SMILES string of the molecule is COC(=O)CSc1nc2ccc(Cl)cc2c(=O)n1CC(C)C. The quantitative estimate of drug-likeness (QED) is 0.475. The van der Waals surface area contributed by atoms with Crippen LogP contribution in [-0.2, 0) is 16.1 Å². The first-order chi connectivity index (χ1) is 10.4. The standard InChI is InChI=1S/C15H17ClN2O3S/c1-9(2)7-18-14(20)11-6-10(16)4-5-12(11)17-15(18)22-8-13(19)21-3/h4-6,9H,7-8H2,1-3H3. The van der Waals surface area contributed by atoms with E-state index in [1.54, 1.807) is 22.8 Å². The van der Waals surface area contributed by atoms with Crippen LogP contribution in [0.15, 0.2) is 28.2 Å². The van der Waals surface area contributed by atoms with Gasteiger partial charge >= 0.3 is 5.97 Å². The molecule has 118 valence electrons. The fourth-order valence-corrected chi connectivity index (χ4v) is 3.00. The van der Waals surface area contributed by atoms with Crippen LogP contribution in [0, 0.1) is 5.92 Å². The van der Waals surface area contributed by atoms with E-state index in [-0.39, 0.29) is 23.2 Å². The maximum atomic E-state index is 12.7. The normalized spacial score (nSPS) is 11.1. The van der Waals surface area contributed by atoms with Gasteiger partial charge in [0.15, 0.2) is 5.16 Å². The maximum absolute atomic E-state index is 12.7. The molecule has 1 aromatic heterocycles. The molecular weight excluding hydrogens is 324 g/mol. The summed E-state index contributed by atoms with van der Waals surface area (Å²) in [6.45, 7) is 4.56. The minimum Gasteiger partial charge on any atom is -0.468 e. The monoisotopic (exact) mass is 340 g/mol. The number of thioether (sulfide) groups is 1. The molecule has 0 bridgehead atoms. The number of benzene rings is 1. The number of methoxy groups -OCH3 is 1. The van der Waals surface area contributed by atoms with Gasteiger partial charge in [-0.05, 0) is 24.1 Å². The van der Waals surface area contributed by atoms with Crippen molar-refractivity contribution in [2.45, 2.75) is 25.5 Å². The Kier molecular flexibility index (Phi) is 5.47. The number of nitrogens with zero attached hydrogens (tertiary/aromatic N) is 2. The smallest absolute Gasteiger partial charge is 0.316 e. The molecule has 0 spiro atoms. The summed E-state index contributed by atoms with van der Waals surface area (Å²) in [6.07, 6.45) is 0. The molecular formula is C15H17ClN2O3S. The minimum atomic E-state index is -0.355. The Labute approximate surface area is 137 Å². The molecule has 22 heavy (non-hydrogen) atoms. The predicted molar refractivity (Wildman–Crippen MR) is 88.6 cm³/mol. The third-order valence-electron chi connectivity index (χ3n) is 2.98. The lowest BCUT2D eigenvalue weighted by molar-refractivity contribution is -0.137. The van der Waals surface area contributed by atoms with Crippen LogP contribution in [0.25, 0.3) is 10.9 Å². The molecule has 0 amide bonds. The van der Waals surface area contributed by atoms with E-state index >= 15 is 0 Å². The van der Waals surface area contributed by atoms with Gasteiger partial charge in [-0.15, -0.1) is 0 Å². The van der Waals surface area contributed by atoms with Gasteiger partial charge in [-0.2, -0.15) is 0 Å². The van der Waals surface area contributed by atoms with Crippen LogP contribution < -0.4 is 5.56 Å². The molecule has 2 aromatic rings. The van der Waals surface area contributed by atoms with Gasteiger partial charge in [0.05, 0.1) is 23.8 Å². The van der Waals surface area contributed by atoms with Crippen molar-refractivity contribution in [3.05, 3.63) is 33.6 Å². The third kappa shape index (κ3) is 3.81. The summed E-state index contributed by atoms with van der Waals surface area (Å²) in [5.74, 6) is 0.0281. The molecule has 0 N–H and O–H groups in total. The van der Waals surface area contributed by atoms with Gasteiger partial charge in [0, 0.05) is 11.6 Å². The van der Waals surface area contributed by atoms with Gasteiger partial charge in [0.25, 0.3) is 5.56 Å². The topological polar surface area (TPSA) is 61.2 Å². The number of aromatic nitrogens is 2. The van der Waals surface area contributed by atoms with Crippen molar-refractivity contribution >= 4 is 40.2 Å². The molecule has 0 saturated carbocycles. The van der Waals surface area contributed by atoms with Crippen molar-refractivity contribution in [3.63, 3.8) is 0 Å².